The van der Waals surface area contributed by atoms with E-state index in [1.54, 1.807) is 6.92 Å². The van der Waals surface area contributed by atoms with Gasteiger partial charge in [0.1, 0.15) is 6.61 Å². The number of cyclic esters (lactones) is 1. The summed E-state index contributed by atoms with van der Waals surface area (Å²) in [5.41, 5.74) is -0.301. The second-order valence-electron chi connectivity index (χ2n) is 8.26. The predicted molar refractivity (Wildman–Crippen MR) is 103 cm³/mol. The molecule has 0 aromatic heterocycles. The average molecular weight is 383 g/mol. The van der Waals surface area contributed by atoms with Crippen molar-refractivity contribution in [2.45, 2.75) is 71.9 Å². The molecule has 0 aromatic carbocycles. The largest absolute Gasteiger partial charge is 0.463 e. The third-order valence-corrected chi connectivity index (χ3v) is 4.60. The maximum atomic E-state index is 12.8. The molecule has 27 heavy (non-hydrogen) atoms. The molecule has 1 aliphatic heterocycles. The molecular weight excluding hydrogens is 348 g/mol. The van der Waals surface area contributed by atoms with E-state index in [1.807, 2.05) is 32.9 Å². The summed E-state index contributed by atoms with van der Waals surface area (Å²) < 4.78 is 5.34. The van der Waals surface area contributed by atoms with Crippen LogP contribution in [-0.4, -0.2) is 48.2 Å². The van der Waals surface area contributed by atoms with Crippen LogP contribution in [0.15, 0.2) is 12.2 Å². The van der Waals surface area contributed by atoms with Gasteiger partial charge in [-0.25, -0.2) is 0 Å². The maximum absolute atomic E-state index is 12.8. The third-order valence-electron chi connectivity index (χ3n) is 4.60. The zero-order valence-corrected chi connectivity index (χ0v) is 16.9. The van der Waals surface area contributed by atoms with Gasteiger partial charge in [0.25, 0.3) is 0 Å². The second kappa shape index (κ2) is 11.1. The summed E-state index contributed by atoms with van der Waals surface area (Å²) in [6, 6.07) is -0.701. The Bertz CT molecular complexity index is 539. The van der Waals surface area contributed by atoms with Gasteiger partial charge in [-0.1, -0.05) is 32.9 Å². The molecule has 0 aliphatic carbocycles. The summed E-state index contributed by atoms with van der Waals surface area (Å²) in [5.74, 6) is -1.29. The maximum Gasteiger partial charge on any atom is 0.305 e. The molecule has 154 valence electrons. The molecule has 3 N–H and O–H groups in total. The number of rotatable bonds is 4. The molecule has 0 aromatic rings. The van der Waals surface area contributed by atoms with Gasteiger partial charge in [-0.15, -0.1) is 0 Å². The highest BCUT2D eigenvalue weighted by Crippen LogP contribution is 2.22. The summed E-state index contributed by atoms with van der Waals surface area (Å²) in [4.78, 5) is 36.9. The molecule has 0 radical (unpaired) electrons. The first-order valence-corrected chi connectivity index (χ1v) is 9.64. The van der Waals surface area contributed by atoms with Crippen LogP contribution in [0, 0.1) is 11.3 Å². The highest BCUT2D eigenvalue weighted by molar-refractivity contribution is 5.86. The lowest BCUT2D eigenvalue weighted by molar-refractivity contribution is -0.146. The quantitative estimate of drug-likeness (QED) is 0.507. The van der Waals surface area contributed by atoms with Gasteiger partial charge in [0.15, 0.2) is 0 Å². The molecular formula is C20H34N2O5. The lowest BCUT2D eigenvalue weighted by Crippen LogP contribution is -2.49. The zero-order chi connectivity index (χ0) is 20.4. The highest BCUT2D eigenvalue weighted by atomic mass is 16.5. The first-order chi connectivity index (χ1) is 12.6. The Kier molecular flexibility index (Phi) is 9.49. The minimum Gasteiger partial charge on any atom is -0.463 e. The van der Waals surface area contributed by atoms with Gasteiger partial charge in [0.2, 0.25) is 11.8 Å². The summed E-state index contributed by atoms with van der Waals surface area (Å²) in [7, 11) is 0. The van der Waals surface area contributed by atoms with E-state index in [1.165, 1.54) is 0 Å². The van der Waals surface area contributed by atoms with Crippen LogP contribution in [0.2, 0.25) is 0 Å². The van der Waals surface area contributed by atoms with Crippen LogP contribution in [-0.2, 0) is 19.1 Å². The van der Waals surface area contributed by atoms with Gasteiger partial charge in [0.05, 0.1) is 18.6 Å². The van der Waals surface area contributed by atoms with Crippen molar-refractivity contribution in [3.8, 4) is 0 Å². The van der Waals surface area contributed by atoms with Crippen LogP contribution >= 0.6 is 0 Å². The first-order valence-electron chi connectivity index (χ1n) is 9.64. The fraction of sp³-hybridized carbons (Fsp3) is 0.750. The Morgan fingerprint density at radius 1 is 1.37 bits per heavy atom. The fourth-order valence-electron chi connectivity index (χ4n) is 2.68. The van der Waals surface area contributed by atoms with E-state index >= 15 is 0 Å². The van der Waals surface area contributed by atoms with Crippen molar-refractivity contribution in [1.82, 2.24) is 10.6 Å². The Morgan fingerprint density at radius 3 is 2.70 bits per heavy atom. The standard InChI is InChI=1S/C20H34N2O5/c1-14(12-23)21-17(24)11-15-9-7-5-6-8-10-18(25)27-13-16(20(2,3)4)22-19(15)26/h5,7,14-16,23H,6,8-13H2,1-4H3,(H,21,24)(H,22,26)/t14-,15-,16-/m1/s1. The summed E-state index contributed by atoms with van der Waals surface area (Å²) in [6.45, 7) is 7.56. The van der Waals surface area contributed by atoms with Crippen molar-refractivity contribution in [2.24, 2.45) is 11.3 Å². The number of allylic oxidation sites excluding steroid dienone is 2. The zero-order valence-electron chi connectivity index (χ0n) is 16.9. The molecule has 0 saturated carbocycles. The van der Waals surface area contributed by atoms with Crippen LogP contribution in [0.25, 0.3) is 0 Å². The lowest BCUT2D eigenvalue weighted by Gasteiger charge is -2.32. The van der Waals surface area contributed by atoms with Gasteiger partial charge in [-0.05, 0) is 31.6 Å². The Balaban J connectivity index is 2.91. The molecule has 0 bridgehead atoms. The number of esters is 1. The molecule has 1 aliphatic rings. The van der Waals surface area contributed by atoms with E-state index in [9.17, 15) is 14.4 Å². The smallest absolute Gasteiger partial charge is 0.305 e. The molecule has 0 spiro atoms. The normalized spacial score (nSPS) is 23.9. The number of amides is 2. The van der Waals surface area contributed by atoms with E-state index in [0.29, 0.717) is 19.3 Å². The third kappa shape index (κ3) is 9.04. The molecule has 0 unspecified atom stereocenters. The molecule has 1 rings (SSSR count). The molecule has 7 nitrogen and oxygen atoms in total. The molecule has 0 saturated heterocycles. The van der Waals surface area contributed by atoms with Crippen LogP contribution < -0.4 is 10.6 Å². The number of aliphatic hydroxyl groups is 1. The van der Waals surface area contributed by atoms with Crippen molar-refractivity contribution < 1.29 is 24.2 Å². The topological polar surface area (TPSA) is 105 Å². The van der Waals surface area contributed by atoms with Gasteiger partial charge >= 0.3 is 5.97 Å². The van der Waals surface area contributed by atoms with Crippen molar-refractivity contribution in [3.63, 3.8) is 0 Å². The number of nitrogens with one attached hydrogen (secondary N) is 2. The van der Waals surface area contributed by atoms with E-state index in [4.69, 9.17) is 9.84 Å². The second-order valence-corrected chi connectivity index (χ2v) is 8.26. The van der Waals surface area contributed by atoms with E-state index in [2.05, 4.69) is 10.6 Å². The number of hydrogen-bond donors (Lipinski definition) is 3. The van der Waals surface area contributed by atoms with Gasteiger partial charge < -0.3 is 20.5 Å². The summed E-state index contributed by atoms with van der Waals surface area (Å²) >= 11 is 0. The van der Waals surface area contributed by atoms with Crippen LogP contribution in [0.3, 0.4) is 0 Å². The minimum atomic E-state index is -0.520. The molecule has 0 fully saturated rings. The van der Waals surface area contributed by atoms with Crippen LogP contribution in [0.1, 0.15) is 59.8 Å². The average Bonchev–Trinajstić information content (AvgIpc) is 2.59. The molecule has 3 atom stereocenters. The number of carbonyl (C=O) groups is 3. The summed E-state index contributed by atoms with van der Waals surface area (Å²) in [6.07, 6.45) is 6.06. The molecule has 2 amide bonds. The van der Waals surface area contributed by atoms with E-state index in [0.717, 1.165) is 6.42 Å². The number of aliphatic hydroxyl groups excluding tert-OH is 1. The lowest BCUT2D eigenvalue weighted by atomic mass is 9.86. The van der Waals surface area contributed by atoms with E-state index in [-0.39, 0.29) is 54.9 Å². The van der Waals surface area contributed by atoms with E-state index < -0.39 is 5.92 Å². The fourth-order valence-corrected chi connectivity index (χ4v) is 2.68. The predicted octanol–water partition coefficient (Wildman–Crippen LogP) is 1.69. The van der Waals surface area contributed by atoms with Gasteiger partial charge in [-0.2, -0.15) is 0 Å². The Morgan fingerprint density at radius 2 is 2.07 bits per heavy atom. The highest BCUT2D eigenvalue weighted by Gasteiger charge is 2.31. The molecule has 7 heteroatoms. The molecule has 1 heterocycles. The van der Waals surface area contributed by atoms with Crippen molar-refractivity contribution in [3.05, 3.63) is 12.2 Å². The minimum absolute atomic E-state index is 0.0389. The van der Waals surface area contributed by atoms with Gasteiger partial charge in [-0.3, -0.25) is 14.4 Å². The van der Waals surface area contributed by atoms with Crippen molar-refractivity contribution in [2.75, 3.05) is 13.2 Å². The van der Waals surface area contributed by atoms with Crippen LogP contribution in [0.5, 0.6) is 0 Å². The number of hydrogen-bond acceptors (Lipinski definition) is 5. The Hall–Kier alpha value is -1.89. The van der Waals surface area contributed by atoms with Crippen LogP contribution in [0.4, 0.5) is 0 Å². The summed E-state index contributed by atoms with van der Waals surface area (Å²) in [5, 5.41) is 14.7. The number of carbonyl (C=O) groups excluding carboxylic acids is 3. The first kappa shape index (κ1) is 23.1. The monoisotopic (exact) mass is 382 g/mol. The Labute approximate surface area is 161 Å². The van der Waals surface area contributed by atoms with Crippen molar-refractivity contribution in [1.29, 1.82) is 0 Å². The van der Waals surface area contributed by atoms with Gasteiger partial charge in [0, 0.05) is 18.9 Å². The number of ether oxygens (including phenoxy) is 1. The van der Waals surface area contributed by atoms with Crippen molar-refractivity contribution >= 4 is 17.8 Å². The SMILES string of the molecule is C[C@H](CO)NC(=O)C[C@H]1CC=CCCCC(=O)OC[C@H](C(C)(C)C)NC1=O.